The van der Waals surface area contributed by atoms with Crippen LogP contribution < -0.4 is 5.32 Å². The number of hydrogen-bond acceptors (Lipinski definition) is 2. The predicted octanol–water partition coefficient (Wildman–Crippen LogP) is 3.24. The van der Waals surface area contributed by atoms with Crippen molar-refractivity contribution in [2.75, 3.05) is 26.7 Å². The second-order valence-electron chi connectivity index (χ2n) is 5.28. The van der Waals surface area contributed by atoms with E-state index in [1.807, 2.05) is 7.05 Å². The van der Waals surface area contributed by atoms with Gasteiger partial charge in [0.1, 0.15) is 0 Å². The van der Waals surface area contributed by atoms with Crippen molar-refractivity contribution in [3.63, 3.8) is 0 Å². The molecule has 1 rings (SSSR count). The third-order valence-corrected chi connectivity index (χ3v) is 3.27. The molecule has 2 heteroatoms. The molecule has 1 aromatic carbocycles. The van der Waals surface area contributed by atoms with E-state index >= 15 is 0 Å². The Balaban J connectivity index is 2.56. The van der Waals surface area contributed by atoms with E-state index in [9.17, 15) is 0 Å². The molecule has 0 amide bonds. The normalized spacial score (nSPS) is 11.4. The fraction of sp³-hybridized carbons (Fsp3) is 0.625. The molecule has 0 bridgehead atoms. The Kier molecular flexibility index (Phi) is 6.99. The monoisotopic (exact) mass is 248 g/mol. The van der Waals surface area contributed by atoms with Crippen molar-refractivity contribution in [2.24, 2.45) is 0 Å². The van der Waals surface area contributed by atoms with Gasteiger partial charge >= 0.3 is 0 Å². The zero-order valence-electron chi connectivity index (χ0n) is 12.4. The molecule has 2 nitrogen and oxygen atoms in total. The average Bonchev–Trinajstić information content (AvgIpc) is 2.37. The summed E-state index contributed by atoms with van der Waals surface area (Å²) in [5.41, 5.74) is 2.85. The van der Waals surface area contributed by atoms with E-state index < -0.39 is 0 Å². The first kappa shape index (κ1) is 15.2. The van der Waals surface area contributed by atoms with Gasteiger partial charge in [0.15, 0.2) is 0 Å². The average molecular weight is 248 g/mol. The van der Waals surface area contributed by atoms with Gasteiger partial charge in [0.05, 0.1) is 0 Å². The van der Waals surface area contributed by atoms with Crippen molar-refractivity contribution in [1.29, 1.82) is 0 Å². The van der Waals surface area contributed by atoms with E-state index in [1.165, 1.54) is 24.1 Å². The lowest BCUT2D eigenvalue weighted by molar-refractivity contribution is 0.268. The van der Waals surface area contributed by atoms with E-state index in [-0.39, 0.29) is 0 Å². The van der Waals surface area contributed by atoms with Gasteiger partial charge in [0, 0.05) is 19.6 Å². The molecule has 0 radical (unpaired) electrons. The zero-order chi connectivity index (χ0) is 13.4. The van der Waals surface area contributed by atoms with Gasteiger partial charge < -0.3 is 5.32 Å². The Hall–Kier alpha value is -0.860. The Labute approximate surface area is 112 Å². The van der Waals surface area contributed by atoms with Crippen molar-refractivity contribution < 1.29 is 0 Å². The van der Waals surface area contributed by atoms with E-state index in [0.29, 0.717) is 5.92 Å². The van der Waals surface area contributed by atoms with Crippen LogP contribution >= 0.6 is 0 Å². The molecule has 0 saturated heterocycles. The Morgan fingerprint density at radius 1 is 1.11 bits per heavy atom. The van der Waals surface area contributed by atoms with Crippen molar-refractivity contribution in [1.82, 2.24) is 10.2 Å². The lowest BCUT2D eigenvalue weighted by atomic mass is 10.0. The summed E-state index contributed by atoms with van der Waals surface area (Å²) in [6, 6.07) is 9.08. The van der Waals surface area contributed by atoms with E-state index in [1.54, 1.807) is 0 Å². The van der Waals surface area contributed by atoms with Gasteiger partial charge in [0.25, 0.3) is 0 Å². The molecule has 1 N–H and O–H groups in total. The molecule has 0 aromatic heterocycles. The summed E-state index contributed by atoms with van der Waals surface area (Å²) in [6.45, 7) is 11.1. The highest BCUT2D eigenvalue weighted by atomic mass is 15.1. The van der Waals surface area contributed by atoms with Crippen molar-refractivity contribution in [3.8, 4) is 0 Å². The van der Waals surface area contributed by atoms with Crippen molar-refractivity contribution >= 4 is 0 Å². The summed E-state index contributed by atoms with van der Waals surface area (Å²) in [5, 5.41) is 3.22. The third-order valence-electron chi connectivity index (χ3n) is 3.27. The highest BCUT2D eigenvalue weighted by Crippen LogP contribution is 2.15. The first-order valence-corrected chi connectivity index (χ1v) is 7.13. The molecule has 0 unspecified atom stereocenters. The molecular formula is C16H28N2. The lowest BCUT2D eigenvalue weighted by Gasteiger charge is -2.21. The van der Waals surface area contributed by atoms with Crippen molar-refractivity contribution in [2.45, 2.75) is 39.7 Å². The van der Waals surface area contributed by atoms with Crippen LogP contribution in [-0.2, 0) is 6.54 Å². The van der Waals surface area contributed by atoms with Crippen LogP contribution in [0.3, 0.4) is 0 Å². The number of benzene rings is 1. The molecule has 0 saturated carbocycles. The minimum absolute atomic E-state index is 0.620. The Bertz CT molecular complexity index is 316. The quantitative estimate of drug-likeness (QED) is 0.760. The van der Waals surface area contributed by atoms with Gasteiger partial charge in [-0.3, -0.25) is 4.90 Å². The van der Waals surface area contributed by atoms with Gasteiger partial charge in [-0.1, -0.05) is 45.0 Å². The molecule has 0 aliphatic rings. The second kappa shape index (κ2) is 8.28. The molecule has 102 valence electrons. The van der Waals surface area contributed by atoms with Crippen LogP contribution in [0.4, 0.5) is 0 Å². The fourth-order valence-corrected chi connectivity index (χ4v) is 2.12. The first-order chi connectivity index (χ1) is 8.67. The summed E-state index contributed by atoms with van der Waals surface area (Å²) in [7, 11) is 2.02. The standard InChI is InChI=1S/C16H28N2/c1-5-11-18(12-10-17-4)13-15-6-8-16(9-7-15)14(2)3/h6-9,14,17H,5,10-13H2,1-4H3. The summed E-state index contributed by atoms with van der Waals surface area (Å²) in [6.07, 6.45) is 1.22. The number of nitrogens with one attached hydrogen (secondary N) is 1. The molecular weight excluding hydrogens is 220 g/mol. The molecule has 0 aliphatic heterocycles. The maximum atomic E-state index is 3.22. The largest absolute Gasteiger partial charge is 0.318 e. The lowest BCUT2D eigenvalue weighted by Crippen LogP contribution is -2.31. The van der Waals surface area contributed by atoms with E-state index in [4.69, 9.17) is 0 Å². The minimum Gasteiger partial charge on any atom is -0.318 e. The molecule has 0 aliphatic carbocycles. The number of likely N-dealkylation sites (N-methyl/N-ethyl adjacent to an activating group) is 1. The highest BCUT2D eigenvalue weighted by molar-refractivity contribution is 5.24. The van der Waals surface area contributed by atoms with Crippen LogP contribution in [0, 0.1) is 0 Å². The van der Waals surface area contributed by atoms with Crippen LogP contribution in [0.5, 0.6) is 0 Å². The molecule has 0 spiro atoms. The van der Waals surface area contributed by atoms with Crippen LogP contribution in [-0.4, -0.2) is 31.6 Å². The van der Waals surface area contributed by atoms with Crippen molar-refractivity contribution in [3.05, 3.63) is 35.4 Å². The molecule has 0 fully saturated rings. The maximum absolute atomic E-state index is 3.22. The Morgan fingerprint density at radius 3 is 2.28 bits per heavy atom. The summed E-state index contributed by atoms with van der Waals surface area (Å²) in [4.78, 5) is 2.51. The molecule has 18 heavy (non-hydrogen) atoms. The minimum atomic E-state index is 0.620. The van der Waals surface area contributed by atoms with Crippen LogP contribution in [0.25, 0.3) is 0 Å². The summed E-state index contributed by atoms with van der Waals surface area (Å²) in [5.74, 6) is 0.620. The van der Waals surface area contributed by atoms with Crippen LogP contribution in [0.15, 0.2) is 24.3 Å². The third kappa shape index (κ3) is 5.19. The van der Waals surface area contributed by atoms with Gasteiger partial charge in [-0.15, -0.1) is 0 Å². The SMILES string of the molecule is CCCN(CCNC)Cc1ccc(C(C)C)cc1. The number of rotatable bonds is 8. The fourth-order valence-electron chi connectivity index (χ4n) is 2.12. The molecule has 1 aromatic rings. The van der Waals surface area contributed by atoms with Gasteiger partial charge in [0.2, 0.25) is 0 Å². The summed E-state index contributed by atoms with van der Waals surface area (Å²) < 4.78 is 0. The summed E-state index contributed by atoms with van der Waals surface area (Å²) >= 11 is 0. The van der Waals surface area contributed by atoms with Gasteiger partial charge in [-0.05, 0) is 37.1 Å². The molecule has 0 heterocycles. The van der Waals surface area contributed by atoms with Gasteiger partial charge in [-0.25, -0.2) is 0 Å². The van der Waals surface area contributed by atoms with Crippen LogP contribution in [0.1, 0.15) is 44.2 Å². The zero-order valence-corrected chi connectivity index (χ0v) is 12.4. The number of nitrogens with zero attached hydrogens (tertiary/aromatic N) is 1. The maximum Gasteiger partial charge on any atom is 0.0234 e. The Morgan fingerprint density at radius 2 is 1.78 bits per heavy atom. The number of hydrogen-bond donors (Lipinski definition) is 1. The highest BCUT2D eigenvalue weighted by Gasteiger charge is 2.05. The molecule has 0 atom stereocenters. The van der Waals surface area contributed by atoms with Crippen LogP contribution in [0.2, 0.25) is 0 Å². The smallest absolute Gasteiger partial charge is 0.0234 e. The van der Waals surface area contributed by atoms with Gasteiger partial charge in [-0.2, -0.15) is 0 Å². The predicted molar refractivity (Wildman–Crippen MR) is 80.0 cm³/mol. The topological polar surface area (TPSA) is 15.3 Å². The second-order valence-corrected chi connectivity index (χ2v) is 5.28. The van der Waals surface area contributed by atoms with E-state index in [0.717, 1.165) is 19.6 Å². The first-order valence-electron chi connectivity index (χ1n) is 7.13. The van der Waals surface area contributed by atoms with E-state index in [2.05, 4.69) is 55.3 Å².